The second-order valence-electron chi connectivity index (χ2n) is 3.55. The van der Waals surface area contributed by atoms with Gasteiger partial charge in [-0.3, -0.25) is 0 Å². The minimum atomic E-state index is 0.394. The van der Waals surface area contributed by atoms with Crippen molar-refractivity contribution in [3.05, 3.63) is 6.07 Å². The first-order chi connectivity index (χ1) is 8.30. The van der Waals surface area contributed by atoms with Crippen LogP contribution < -0.4 is 20.7 Å². The van der Waals surface area contributed by atoms with Crippen molar-refractivity contribution >= 4 is 11.6 Å². The zero-order valence-electron chi connectivity index (χ0n) is 10.7. The molecule has 0 fully saturated rings. The van der Waals surface area contributed by atoms with Crippen LogP contribution in [-0.2, 0) is 0 Å². The molecule has 0 aromatic carbocycles. The molecule has 17 heavy (non-hydrogen) atoms. The summed E-state index contributed by atoms with van der Waals surface area (Å²) in [7, 11) is 3.70. The van der Waals surface area contributed by atoms with Gasteiger partial charge in [-0.1, -0.05) is 6.92 Å². The van der Waals surface area contributed by atoms with Crippen molar-refractivity contribution in [2.45, 2.75) is 13.3 Å². The third-order valence-corrected chi connectivity index (χ3v) is 2.10. The zero-order valence-corrected chi connectivity index (χ0v) is 10.7. The summed E-state index contributed by atoms with van der Waals surface area (Å²) in [6.07, 6.45) is 1.05. The lowest BCUT2D eigenvalue weighted by atomic mass is 10.4. The zero-order chi connectivity index (χ0) is 12.5. The summed E-state index contributed by atoms with van der Waals surface area (Å²) < 4.78 is 5.44. The van der Waals surface area contributed by atoms with Crippen LogP contribution in [0.4, 0.5) is 11.6 Å². The average molecular weight is 239 g/mol. The Kier molecular flexibility index (Phi) is 6.09. The normalized spacial score (nSPS) is 10.1. The van der Waals surface area contributed by atoms with Gasteiger partial charge in [0.2, 0.25) is 0 Å². The quantitative estimate of drug-likeness (QED) is 0.586. The molecule has 0 atom stereocenters. The van der Waals surface area contributed by atoms with Gasteiger partial charge in [0.25, 0.3) is 0 Å². The van der Waals surface area contributed by atoms with Crippen molar-refractivity contribution in [3.8, 4) is 6.01 Å². The summed E-state index contributed by atoms with van der Waals surface area (Å²) in [4.78, 5) is 8.50. The molecule has 6 nitrogen and oxygen atoms in total. The number of ether oxygens (including phenoxy) is 1. The van der Waals surface area contributed by atoms with Crippen LogP contribution in [0.2, 0.25) is 0 Å². The summed E-state index contributed by atoms with van der Waals surface area (Å²) >= 11 is 0. The molecule has 0 bridgehead atoms. The highest BCUT2D eigenvalue weighted by Crippen LogP contribution is 2.15. The van der Waals surface area contributed by atoms with E-state index in [0.29, 0.717) is 12.6 Å². The highest BCUT2D eigenvalue weighted by atomic mass is 16.5. The lowest BCUT2D eigenvalue weighted by Crippen LogP contribution is -2.17. The summed E-state index contributed by atoms with van der Waals surface area (Å²) in [5.41, 5.74) is 0. The van der Waals surface area contributed by atoms with Crippen molar-refractivity contribution in [1.29, 1.82) is 0 Å². The van der Waals surface area contributed by atoms with Crippen molar-refractivity contribution in [2.75, 3.05) is 44.4 Å². The van der Waals surface area contributed by atoms with Crippen LogP contribution >= 0.6 is 0 Å². The fraction of sp³-hybridized carbons (Fsp3) is 0.636. The summed E-state index contributed by atoms with van der Waals surface area (Å²) in [6.45, 7) is 4.31. The maximum Gasteiger partial charge on any atom is 0.320 e. The van der Waals surface area contributed by atoms with Crippen molar-refractivity contribution in [2.24, 2.45) is 0 Å². The largest absolute Gasteiger partial charge is 0.462 e. The first-order valence-corrected chi connectivity index (χ1v) is 5.88. The predicted octanol–water partition coefficient (Wildman–Crippen LogP) is 0.938. The molecule has 0 aliphatic carbocycles. The van der Waals surface area contributed by atoms with Gasteiger partial charge in [0, 0.05) is 26.2 Å². The van der Waals surface area contributed by atoms with Crippen LogP contribution in [0, 0.1) is 0 Å². The molecule has 1 rings (SSSR count). The van der Waals surface area contributed by atoms with Crippen LogP contribution in [0.3, 0.4) is 0 Å². The van der Waals surface area contributed by atoms with E-state index in [-0.39, 0.29) is 0 Å². The second kappa shape index (κ2) is 7.67. The van der Waals surface area contributed by atoms with E-state index in [2.05, 4.69) is 32.8 Å². The van der Waals surface area contributed by atoms with Crippen LogP contribution in [-0.4, -0.2) is 43.8 Å². The highest BCUT2D eigenvalue weighted by molar-refractivity contribution is 5.48. The minimum absolute atomic E-state index is 0.394. The maximum atomic E-state index is 5.44. The molecule has 0 unspecified atom stereocenters. The Morgan fingerprint density at radius 3 is 2.59 bits per heavy atom. The van der Waals surface area contributed by atoms with E-state index in [1.54, 1.807) is 0 Å². The number of nitrogens with one attached hydrogen (secondary N) is 3. The van der Waals surface area contributed by atoms with E-state index in [1.165, 1.54) is 0 Å². The Morgan fingerprint density at radius 2 is 1.94 bits per heavy atom. The number of nitrogens with zero attached hydrogens (tertiary/aromatic N) is 2. The molecule has 96 valence electrons. The molecule has 0 radical (unpaired) electrons. The molecule has 3 N–H and O–H groups in total. The molecule has 1 heterocycles. The predicted molar refractivity (Wildman–Crippen MR) is 69.8 cm³/mol. The Balaban J connectivity index is 2.67. The van der Waals surface area contributed by atoms with Gasteiger partial charge in [0.1, 0.15) is 18.2 Å². The number of hydrogen-bond donors (Lipinski definition) is 3. The third-order valence-electron chi connectivity index (χ3n) is 2.10. The molecule has 1 aromatic heterocycles. The summed E-state index contributed by atoms with van der Waals surface area (Å²) in [5, 5.41) is 9.20. The first-order valence-electron chi connectivity index (χ1n) is 5.88. The smallest absolute Gasteiger partial charge is 0.320 e. The number of anilines is 2. The van der Waals surface area contributed by atoms with Gasteiger partial charge in [-0.2, -0.15) is 9.97 Å². The molecule has 0 saturated carbocycles. The molecule has 0 amide bonds. The first kappa shape index (κ1) is 13.5. The van der Waals surface area contributed by atoms with Crippen molar-refractivity contribution in [1.82, 2.24) is 15.3 Å². The van der Waals surface area contributed by atoms with Crippen LogP contribution in [0.5, 0.6) is 6.01 Å². The van der Waals surface area contributed by atoms with Crippen LogP contribution in [0.25, 0.3) is 0 Å². The summed E-state index contributed by atoms with van der Waals surface area (Å²) in [6, 6.07) is 2.26. The molecule has 1 aromatic rings. The lowest BCUT2D eigenvalue weighted by molar-refractivity contribution is 0.294. The van der Waals surface area contributed by atoms with Crippen LogP contribution in [0.1, 0.15) is 13.3 Å². The van der Waals surface area contributed by atoms with Gasteiger partial charge in [-0.05, 0) is 13.5 Å². The Hall–Kier alpha value is -1.56. The van der Waals surface area contributed by atoms with E-state index in [4.69, 9.17) is 4.74 Å². The topological polar surface area (TPSA) is 71.1 Å². The number of rotatable bonds is 8. The molecule has 0 aliphatic heterocycles. The standard InChI is InChI=1S/C11H21N5O/c1-4-5-14-10-8-9(13-3)15-11(16-10)17-7-6-12-2/h8,12H,4-7H2,1-3H3,(H2,13,14,15,16). The van der Waals surface area contributed by atoms with E-state index in [9.17, 15) is 0 Å². The SMILES string of the molecule is CCCNc1cc(NC)nc(OCCNC)n1. The van der Waals surface area contributed by atoms with Gasteiger partial charge in [-0.25, -0.2) is 0 Å². The Bertz CT molecular complexity index is 332. The lowest BCUT2D eigenvalue weighted by Gasteiger charge is -2.09. The maximum absolute atomic E-state index is 5.44. The minimum Gasteiger partial charge on any atom is -0.462 e. The Labute approximate surface area is 102 Å². The molecular weight excluding hydrogens is 218 g/mol. The molecule has 0 spiro atoms. The number of likely N-dealkylation sites (N-methyl/N-ethyl adjacent to an activating group) is 1. The fourth-order valence-corrected chi connectivity index (χ4v) is 1.21. The highest BCUT2D eigenvalue weighted by Gasteiger charge is 2.04. The van der Waals surface area contributed by atoms with Gasteiger partial charge >= 0.3 is 6.01 Å². The molecule has 0 saturated heterocycles. The number of hydrogen-bond acceptors (Lipinski definition) is 6. The van der Waals surface area contributed by atoms with Gasteiger partial charge in [-0.15, -0.1) is 0 Å². The van der Waals surface area contributed by atoms with Gasteiger partial charge in [0.05, 0.1) is 0 Å². The molecular formula is C11H21N5O. The third kappa shape index (κ3) is 4.86. The second-order valence-corrected chi connectivity index (χ2v) is 3.55. The van der Waals surface area contributed by atoms with Crippen molar-refractivity contribution < 1.29 is 4.74 Å². The van der Waals surface area contributed by atoms with E-state index in [0.717, 1.165) is 31.1 Å². The van der Waals surface area contributed by atoms with Crippen LogP contribution in [0.15, 0.2) is 6.07 Å². The van der Waals surface area contributed by atoms with Gasteiger partial charge < -0.3 is 20.7 Å². The monoisotopic (exact) mass is 239 g/mol. The van der Waals surface area contributed by atoms with E-state index >= 15 is 0 Å². The Morgan fingerprint density at radius 1 is 1.18 bits per heavy atom. The fourth-order valence-electron chi connectivity index (χ4n) is 1.21. The molecule has 0 aliphatic rings. The number of aromatic nitrogens is 2. The average Bonchev–Trinajstić information content (AvgIpc) is 2.36. The van der Waals surface area contributed by atoms with Crippen molar-refractivity contribution in [3.63, 3.8) is 0 Å². The molecule has 6 heteroatoms. The van der Waals surface area contributed by atoms with E-state index in [1.807, 2.05) is 20.2 Å². The summed E-state index contributed by atoms with van der Waals surface area (Å²) in [5.74, 6) is 1.53. The van der Waals surface area contributed by atoms with Gasteiger partial charge in [0.15, 0.2) is 0 Å². The van der Waals surface area contributed by atoms with E-state index < -0.39 is 0 Å².